The zero-order valence-electron chi connectivity index (χ0n) is 10.5. The van der Waals surface area contributed by atoms with Crippen LogP contribution >= 0.6 is 0 Å². The van der Waals surface area contributed by atoms with Gasteiger partial charge in [-0.1, -0.05) is 18.2 Å². The van der Waals surface area contributed by atoms with E-state index in [2.05, 4.69) is 5.32 Å². The predicted molar refractivity (Wildman–Crippen MR) is 71.0 cm³/mol. The molecule has 0 bridgehead atoms. The van der Waals surface area contributed by atoms with Crippen molar-refractivity contribution in [2.45, 2.75) is 6.10 Å². The van der Waals surface area contributed by atoms with Gasteiger partial charge in [0.05, 0.1) is 11.7 Å². The first-order valence-electron chi connectivity index (χ1n) is 5.98. The van der Waals surface area contributed by atoms with Gasteiger partial charge in [0, 0.05) is 17.8 Å². The highest BCUT2D eigenvalue weighted by atomic mass is 19.1. The number of aliphatic hydroxyl groups is 1. The van der Waals surface area contributed by atoms with E-state index in [-0.39, 0.29) is 17.7 Å². The second-order valence-corrected chi connectivity index (χ2v) is 4.22. The normalized spacial score (nSPS) is 11.7. The van der Waals surface area contributed by atoms with Gasteiger partial charge in [-0.3, -0.25) is 0 Å². The molecule has 0 spiro atoms. The van der Waals surface area contributed by atoms with E-state index in [9.17, 15) is 13.9 Å². The summed E-state index contributed by atoms with van der Waals surface area (Å²) in [6, 6.07) is 11.6. The Bertz CT molecular complexity index is 653. The summed E-state index contributed by atoms with van der Waals surface area (Å²) >= 11 is 0. The van der Waals surface area contributed by atoms with Crippen molar-refractivity contribution in [3.05, 3.63) is 65.2 Å². The topological polar surface area (TPSA) is 56.0 Å². The van der Waals surface area contributed by atoms with Crippen LogP contribution in [0.1, 0.15) is 17.2 Å². The number of aliphatic hydroxyl groups excluding tert-OH is 1. The summed E-state index contributed by atoms with van der Waals surface area (Å²) in [4.78, 5) is 0. The van der Waals surface area contributed by atoms with Crippen molar-refractivity contribution in [1.82, 2.24) is 0 Å². The lowest BCUT2D eigenvalue weighted by molar-refractivity contribution is 0.186. The smallest absolute Gasteiger partial charge is 0.141 e. The minimum Gasteiger partial charge on any atom is -0.386 e. The van der Waals surface area contributed by atoms with Crippen LogP contribution in [0, 0.1) is 23.0 Å². The fraction of sp³-hybridized carbons (Fsp3) is 0.133. The van der Waals surface area contributed by atoms with E-state index < -0.39 is 17.7 Å². The van der Waals surface area contributed by atoms with Crippen LogP contribution in [-0.2, 0) is 0 Å². The highest BCUT2D eigenvalue weighted by Crippen LogP contribution is 2.19. The average Bonchev–Trinajstić information content (AvgIpc) is 2.46. The molecule has 1 atom stereocenters. The summed E-state index contributed by atoms with van der Waals surface area (Å²) in [5.74, 6) is -1.09. The second-order valence-electron chi connectivity index (χ2n) is 4.22. The zero-order chi connectivity index (χ0) is 14.5. The maximum absolute atomic E-state index is 13.5. The Hall–Kier alpha value is -2.45. The lowest BCUT2D eigenvalue weighted by atomic mass is 10.1. The Balaban J connectivity index is 2.06. The Morgan fingerprint density at radius 2 is 1.90 bits per heavy atom. The fourth-order valence-corrected chi connectivity index (χ4v) is 1.79. The Morgan fingerprint density at radius 3 is 2.60 bits per heavy atom. The molecule has 0 saturated heterocycles. The molecular weight excluding hydrogens is 262 g/mol. The molecule has 2 aromatic rings. The van der Waals surface area contributed by atoms with Gasteiger partial charge < -0.3 is 10.4 Å². The fourth-order valence-electron chi connectivity index (χ4n) is 1.79. The van der Waals surface area contributed by atoms with Crippen LogP contribution in [0.3, 0.4) is 0 Å². The van der Waals surface area contributed by atoms with E-state index in [4.69, 9.17) is 5.26 Å². The van der Waals surface area contributed by atoms with Crippen LogP contribution in [0.15, 0.2) is 42.5 Å². The summed E-state index contributed by atoms with van der Waals surface area (Å²) in [7, 11) is 0. The van der Waals surface area contributed by atoms with E-state index >= 15 is 0 Å². The predicted octanol–water partition coefficient (Wildman–Crippen LogP) is 2.98. The van der Waals surface area contributed by atoms with Gasteiger partial charge in [-0.25, -0.2) is 8.78 Å². The van der Waals surface area contributed by atoms with Crippen LogP contribution in [0.25, 0.3) is 0 Å². The van der Waals surface area contributed by atoms with Gasteiger partial charge in [0.1, 0.15) is 17.7 Å². The molecule has 2 rings (SSSR count). The van der Waals surface area contributed by atoms with Gasteiger partial charge in [-0.05, 0) is 24.3 Å². The quantitative estimate of drug-likeness (QED) is 0.901. The molecule has 1 unspecified atom stereocenters. The van der Waals surface area contributed by atoms with Crippen molar-refractivity contribution in [2.24, 2.45) is 0 Å². The standard InChI is InChI=1S/C15H12F2N2O/c16-13-6-5-11(7-10(13)8-18)19-9-15(20)12-3-1-2-4-14(12)17/h1-7,15,19-20H,9H2. The van der Waals surface area contributed by atoms with Crippen molar-refractivity contribution >= 4 is 5.69 Å². The molecule has 0 aliphatic carbocycles. The van der Waals surface area contributed by atoms with Gasteiger partial charge in [-0.2, -0.15) is 5.26 Å². The minimum atomic E-state index is -1.04. The molecule has 102 valence electrons. The molecule has 2 N–H and O–H groups in total. The van der Waals surface area contributed by atoms with Crippen molar-refractivity contribution in [3.63, 3.8) is 0 Å². The number of nitrogens with zero attached hydrogens (tertiary/aromatic N) is 1. The number of anilines is 1. The molecule has 0 saturated carbocycles. The molecule has 0 radical (unpaired) electrons. The summed E-state index contributed by atoms with van der Waals surface area (Å²) in [6.07, 6.45) is -1.04. The first kappa shape index (κ1) is 14.0. The van der Waals surface area contributed by atoms with Gasteiger partial charge in [-0.15, -0.1) is 0 Å². The zero-order valence-corrected chi connectivity index (χ0v) is 10.5. The van der Waals surface area contributed by atoms with Crippen molar-refractivity contribution < 1.29 is 13.9 Å². The van der Waals surface area contributed by atoms with Gasteiger partial charge in [0.25, 0.3) is 0 Å². The molecular formula is C15H12F2N2O. The third kappa shape index (κ3) is 3.11. The highest BCUT2D eigenvalue weighted by molar-refractivity contribution is 5.50. The molecule has 0 fully saturated rings. The van der Waals surface area contributed by atoms with Crippen LogP contribution in [0.2, 0.25) is 0 Å². The number of hydrogen-bond donors (Lipinski definition) is 2. The number of halogens is 2. The number of hydrogen-bond acceptors (Lipinski definition) is 3. The van der Waals surface area contributed by atoms with E-state index in [0.29, 0.717) is 5.69 Å². The van der Waals surface area contributed by atoms with E-state index in [1.54, 1.807) is 12.1 Å². The highest BCUT2D eigenvalue weighted by Gasteiger charge is 2.12. The monoisotopic (exact) mass is 274 g/mol. The first-order chi connectivity index (χ1) is 9.61. The molecule has 2 aromatic carbocycles. The SMILES string of the molecule is N#Cc1cc(NCC(O)c2ccccc2F)ccc1F. The van der Waals surface area contributed by atoms with E-state index in [0.717, 1.165) is 6.07 Å². The second kappa shape index (κ2) is 6.13. The lowest BCUT2D eigenvalue weighted by Gasteiger charge is -2.14. The Morgan fingerprint density at radius 1 is 1.15 bits per heavy atom. The van der Waals surface area contributed by atoms with Crippen LogP contribution in [-0.4, -0.2) is 11.7 Å². The van der Waals surface area contributed by atoms with Gasteiger partial charge >= 0.3 is 0 Å². The van der Waals surface area contributed by atoms with Crippen LogP contribution in [0.5, 0.6) is 0 Å². The average molecular weight is 274 g/mol. The summed E-state index contributed by atoms with van der Waals surface area (Å²) in [6.45, 7) is 0.0530. The summed E-state index contributed by atoms with van der Waals surface area (Å²) < 4.78 is 26.6. The molecule has 0 aromatic heterocycles. The van der Waals surface area contributed by atoms with Crippen molar-refractivity contribution in [2.75, 3.05) is 11.9 Å². The lowest BCUT2D eigenvalue weighted by Crippen LogP contribution is -2.13. The Labute approximate surface area is 115 Å². The number of nitrogens with one attached hydrogen (secondary N) is 1. The first-order valence-corrected chi connectivity index (χ1v) is 5.98. The van der Waals surface area contributed by atoms with Gasteiger partial charge in [0.2, 0.25) is 0 Å². The Kier molecular flexibility index (Phi) is 4.28. The number of benzene rings is 2. The molecule has 5 heteroatoms. The van der Waals surface area contributed by atoms with Gasteiger partial charge in [0.15, 0.2) is 0 Å². The summed E-state index contributed by atoms with van der Waals surface area (Å²) in [5, 5.41) is 21.5. The maximum atomic E-state index is 13.5. The molecule has 0 aliphatic heterocycles. The molecule has 3 nitrogen and oxygen atoms in total. The van der Waals surface area contributed by atoms with E-state index in [1.165, 1.54) is 30.3 Å². The van der Waals surface area contributed by atoms with Crippen LogP contribution in [0.4, 0.5) is 14.5 Å². The third-order valence-electron chi connectivity index (χ3n) is 2.85. The molecule has 0 heterocycles. The number of rotatable bonds is 4. The maximum Gasteiger partial charge on any atom is 0.141 e. The molecule has 20 heavy (non-hydrogen) atoms. The number of nitriles is 1. The summed E-state index contributed by atoms with van der Waals surface area (Å²) in [5.41, 5.74) is 0.580. The van der Waals surface area contributed by atoms with Crippen LogP contribution < -0.4 is 5.32 Å². The third-order valence-corrected chi connectivity index (χ3v) is 2.85. The largest absolute Gasteiger partial charge is 0.386 e. The van der Waals surface area contributed by atoms with Crippen molar-refractivity contribution in [1.29, 1.82) is 5.26 Å². The molecule has 0 aliphatic rings. The van der Waals surface area contributed by atoms with E-state index in [1.807, 2.05) is 0 Å². The van der Waals surface area contributed by atoms with Crippen molar-refractivity contribution in [3.8, 4) is 6.07 Å². The minimum absolute atomic E-state index is 0.0530. The molecule has 0 amide bonds.